The van der Waals surface area contributed by atoms with Crippen LogP contribution in [0.15, 0.2) is 35.3 Å². The lowest BCUT2D eigenvalue weighted by Crippen LogP contribution is -2.57. The summed E-state index contributed by atoms with van der Waals surface area (Å²) in [7, 11) is 0. The van der Waals surface area contributed by atoms with Gasteiger partial charge in [-0.2, -0.15) is 0 Å². The third-order valence-corrected chi connectivity index (χ3v) is 5.26. The molecule has 2 N–H and O–H groups in total. The number of aliphatic hydroxyl groups excluding tert-OH is 1. The molecule has 0 aromatic heterocycles. The van der Waals surface area contributed by atoms with Gasteiger partial charge in [-0.05, 0) is 39.7 Å². The summed E-state index contributed by atoms with van der Waals surface area (Å²) in [6, 6.07) is 10.5. The Bertz CT molecular complexity index is 721. The number of nitrogens with one attached hydrogen (secondary N) is 1. The molecule has 168 valence electrons. The van der Waals surface area contributed by atoms with Crippen LogP contribution in [-0.4, -0.2) is 77.4 Å². The van der Waals surface area contributed by atoms with Crippen LogP contribution in [0.5, 0.6) is 0 Å². The minimum Gasteiger partial charge on any atom is -0.444 e. The van der Waals surface area contributed by atoms with Crippen LogP contribution in [0.25, 0.3) is 0 Å². The molecule has 0 aliphatic carbocycles. The first-order valence-electron chi connectivity index (χ1n) is 10.5. The van der Waals surface area contributed by atoms with Crippen molar-refractivity contribution in [2.45, 2.75) is 57.8 Å². The summed E-state index contributed by atoms with van der Waals surface area (Å²) in [4.78, 5) is 21.1. The fourth-order valence-electron chi connectivity index (χ4n) is 3.91. The highest BCUT2D eigenvalue weighted by Gasteiger charge is 2.36. The van der Waals surface area contributed by atoms with Gasteiger partial charge >= 0.3 is 6.09 Å². The van der Waals surface area contributed by atoms with Crippen LogP contribution in [-0.2, 0) is 4.74 Å². The van der Waals surface area contributed by atoms with Crippen molar-refractivity contribution in [3.8, 4) is 0 Å². The number of ether oxygens (including phenoxy) is 1. The first-order chi connectivity index (χ1) is 13.7. The van der Waals surface area contributed by atoms with E-state index in [-0.39, 0.29) is 48.1 Å². The van der Waals surface area contributed by atoms with Gasteiger partial charge in [-0.25, -0.2) is 4.79 Å². The third-order valence-electron chi connectivity index (χ3n) is 5.26. The van der Waals surface area contributed by atoms with Crippen LogP contribution in [0.4, 0.5) is 4.79 Å². The Morgan fingerprint density at radius 2 is 2.00 bits per heavy atom. The Morgan fingerprint density at radius 3 is 2.63 bits per heavy atom. The standard InChI is InChI=1S/C22H34N4O3.HI/c1-16(27)12-18(17-8-6-5-7-9-17)13-23-20-24-14-19-15-25(10-11-26(19)20)21(28)29-22(2,3)4;/h5-9,16,18-19,27H,10-15H2,1-4H3,(H,23,24);1H. The van der Waals surface area contributed by atoms with E-state index < -0.39 is 5.60 Å². The van der Waals surface area contributed by atoms with Crippen LogP contribution in [0, 0.1) is 0 Å². The second kappa shape index (κ2) is 10.7. The molecule has 2 aliphatic heterocycles. The van der Waals surface area contributed by atoms with Gasteiger partial charge in [0.25, 0.3) is 0 Å². The molecular weight excluding hydrogens is 495 g/mol. The van der Waals surface area contributed by atoms with Crippen molar-refractivity contribution >= 4 is 36.0 Å². The Morgan fingerprint density at radius 1 is 1.30 bits per heavy atom. The van der Waals surface area contributed by atoms with Gasteiger partial charge in [-0.15, -0.1) is 24.0 Å². The van der Waals surface area contributed by atoms with Crippen molar-refractivity contribution in [3.05, 3.63) is 35.9 Å². The van der Waals surface area contributed by atoms with Crippen LogP contribution < -0.4 is 5.32 Å². The lowest BCUT2D eigenvalue weighted by molar-refractivity contribution is 0.0137. The van der Waals surface area contributed by atoms with E-state index in [1.807, 2.05) is 45.9 Å². The lowest BCUT2D eigenvalue weighted by Gasteiger charge is -2.39. The fourth-order valence-corrected chi connectivity index (χ4v) is 3.91. The minimum absolute atomic E-state index is 0. The molecule has 1 amide bonds. The second-order valence-electron chi connectivity index (χ2n) is 9.01. The van der Waals surface area contributed by atoms with E-state index in [2.05, 4.69) is 27.3 Å². The van der Waals surface area contributed by atoms with Crippen LogP contribution in [0.3, 0.4) is 0 Å². The Labute approximate surface area is 196 Å². The van der Waals surface area contributed by atoms with Crippen LogP contribution in [0.1, 0.15) is 45.6 Å². The van der Waals surface area contributed by atoms with Gasteiger partial charge in [-0.1, -0.05) is 30.3 Å². The van der Waals surface area contributed by atoms with Crippen molar-refractivity contribution in [2.75, 3.05) is 32.7 Å². The number of hydrogen-bond acceptors (Lipinski definition) is 6. The molecule has 1 fully saturated rings. The highest BCUT2D eigenvalue weighted by molar-refractivity contribution is 14.0. The number of fused-ring (bicyclic) bond motifs is 1. The number of halogens is 1. The van der Waals surface area contributed by atoms with Crippen molar-refractivity contribution in [2.24, 2.45) is 4.99 Å². The van der Waals surface area contributed by atoms with E-state index >= 15 is 0 Å². The van der Waals surface area contributed by atoms with Crippen molar-refractivity contribution in [1.29, 1.82) is 0 Å². The maximum absolute atomic E-state index is 12.4. The molecule has 0 bridgehead atoms. The van der Waals surface area contributed by atoms with E-state index in [0.29, 0.717) is 32.6 Å². The maximum Gasteiger partial charge on any atom is 0.410 e. The van der Waals surface area contributed by atoms with Gasteiger partial charge < -0.3 is 25.0 Å². The number of aliphatic hydroxyl groups is 1. The zero-order valence-corrected chi connectivity index (χ0v) is 20.7. The molecule has 3 unspecified atom stereocenters. The lowest BCUT2D eigenvalue weighted by atomic mass is 9.93. The molecule has 0 saturated carbocycles. The summed E-state index contributed by atoms with van der Waals surface area (Å²) in [6.07, 6.45) is 0.0810. The van der Waals surface area contributed by atoms with Gasteiger partial charge in [0.05, 0.1) is 18.7 Å². The van der Waals surface area contributed by atoms with Gasteiger partial charge in [0.1, 0.15) is 5.60 Å². The quantitative estimate of drug-likeness (QED) is 0.573. The van der Waals surface area contributed by atoms with Gasteiger partial charge in [0, 0.05) is 32.1 Å². The Kier molecular flexibility index (Phi) is 8.78. The number of aliphatic imine (C=N–C) groups is 1. The molecule has 1 aromatic rings. The molecule has 1 aromatic carbocycles. The number of nitrogens with zero attached hydrogens (tertiary/aromatic N) is 3. The van der Waals surface area contributed by atoms with E-state index in [4.69, 9.17) is 4.74 Å². The van der Waals surface area contributed by atoms with Crippen LogP contribution in [0.2, 0.25) is 0 Å². The van der Waals surface area contributed by atoms with Crippen molar-refractivity contribution < 1.29 is 14.6 Å². The topological polar surface area (TPSA) is 77.4 Å². The molecule has 8 heteroatoms. The second-order valence-corrected chi connectivity index (χ2v) is 9.01. The summed E-state index contributed by atoms with van der Waals surface area (Å²) < 4.78 is 5.51. The normalized spacial score (nSPS) is 20.6. The molecule has 0 spiro atoms. The zero-order chi connectivity index (χ0) is 21.0. The number of carbonyl (C=O) groups excluding carboxylic acids is 1. The predicted octanol–water partition coefficient (Wildman–Crippen LogP) is 3.04. The van der Waals surface area contributed by atoms with Crippen molar-refractivity contribution in [1.82, 2.24) is 15.1 Å². The fraction of sp³-hybridized carbons (Fsp3) is 0.636. The molecule has 3 rings (SSSR count). The molecular formula is C22H35IN4O3. The summed E-state index contributed by atoms with van der Waals surface area (Å²) in [5.41, 5.74) is 0.731. The number of amides is 1. The molecule has 3 atom stereocenters. The van der Waals surface area contributed by atoms with Crippen LogP contribution >= 0.6 is 24.0 Å². The highest BCUT2D eigenvalue weighted by atomic mass is 127. The molecule has 30 heavy (non-hydrogen) atoms. The van der Waals surface area contributed by atoms with Gasteiger partial charge in [0.2, 0.25) is 0 Å². The first kappa shape index (κ1) is 24.7. The molecule has 2 aliphatic rings. The number of rotatable bonds is 5. The van der Waals surface area contributed by atoms with E-state index in [1.54, 1.807) is 4.90 Å². The largest absolute Gasteiger partial charge is 0.444 e. The predicted molar refractivity (Wildman–Crippen MR) is 130 cm³/mol. The highest BCUT2D eigenvalue weighted by Crippen LogP contribution is 2.22. The number of guanidine groups is 1. The molecule has 2 heterocycles. The third kappa shape index (κ3) is 6.73. The number of benzene rings is 1. The summed E-state index contributed by atoms with van der Waals surface area (Å²) in [5, 5.41) is 13.4. The zero-order valence-electron chi connectivity index (χ0n) is 18.4. The average molecular weight is 530 g/mol. The van der Waals surface area contributed by atoms with Crippen molar-refractivity contribution in [3.63, 3.8) is 0 Å². The maximum atomic E-state index is 12.4. The Hall–Kier alpha value is -1.55. The monoisotopic (exact) mass is 530 g/mol. The number of carbonyl (C=O) groups is 1. The SMILES string of the molecule is CC(O)CC(CNC1=NCC2CN(C(=O)OC(C)(C)C)CCN12)c1ccccc1.I. The van der Waals surface area contributed by atoms with E-state index in [9.17, 15) is 9.90 Å². The Balaban J connectivity index is 0.00000320. The summed E-state index contributed by atoms with van der Waals surface area (Å²) in [5.74, 6) is 1.10. The van der Waals surface area contributed by atoms with Gasteiger partial charge in [-0.3, -0.25) is 4.99 Å². The van der Waals surface area contributed by atoms with Gasteiger partial charge in [0.15, 0.2) is 5.96 Å². The summed E-state index contributed by atoms with van der Waals surface area (Å²) >= 11 is 0. The van der Waals surface area contributed by atoms with E-state index in [0.717, 1.165) is 12.5 Å². The number of hydrogen-bond donors (Lipinski definition) is 2. The molecule has 0 radical (unpaired) electrons. The minimum atomic E-state index is -0.483. The molecule has 1 saturated heterocycles. The smallest absolute Gasteiger partial charge is 0.410 e. The summed E-state index contributed by atoms with van der Waals surface area (Å²) in [6.45, 7) is 10.9. The van der Waals surface area contributed by atoms with E-state index in [1.165, 1.54) is 5.56 Å². The average Bonchev–Trinajstić information content (AvgIpc) is 3.06. The number of piperazine rings is 1. The molecule has 7 nitrogen and oxygen atoms in total. The first-order valence-corrected chi connectivity index (χ1v) is 10.5.